The smallest absolute Gasteiger partial charge is 0.230 e. The van der Waals surface area contributed by atoms with Crippen LogP contribution in [0.15, 0.2) is 65.8 Å². The molecule has 0 aliphatic rings. The number of thioether (sulfide) groups is 1. The van der Waals surface area contributed by atoms with Crippen LogP contribution in [0.4, 0.5) is 0 Å². The quantitative estimate of drug-likeness (QED) is 0.462. The van der Waals surface area contributed by atoms with Crippen molar-refractivity contribution in [2.45, 2.75) is 18.6 Å². The van der Waals surface area contributed by atoms with Gasteiger partial charge in [-0.3, -0.25) is 4.79 Å². The Morgan fingerprint density at radius 1 is 1.10 bits per heavy atom. The molecule has 0 spiro atoms. The Labute approximate surface area is 178 Å². The summed E-state index contributed by atoms with van der Waals surface area (Å²) in [6, 6.07) is 19.6. The number of aromatic nitrogens is 4. The number of methoxy groups -OCH3 is 1. The van der Waals surface area contributed by atoms with Crippen LogP contribution in [0.25, 0.3) is 16.9 Å². The van der Waals surface area contributed by atoms with Crippen LogP contribution in [-0.4, -0.2) is 38.6 Å². The number of nitrogens with zero attached hydrogens (tertiary/aromatic N) is 4. The van der Waals surface area contributed by atoms with Gasteiger partial charge in [0.2, 0.25) is 11.1 Å². The standard InChI is InChI=1S/C22H21N5O2S/c1-15-6-8-17(9-7-15)19-10-11-20-24-25-22(27(20)26-19)30-14-21(28)23-13-16-4-3-5-18(12-16)29-2/h3-12H,13-14H2,1-2H3,(H,23,28). The van der Waals surface area contributed by atoms with Crippen LogP contribution in [-0.2, 0) is 11.3 Å². The summed E-state index contributed by atoms with van der Waals surface area (Å²) in [5.41, 5.74) is 4.66. The molecular formula is C22H21N5O2S. The zero-order valence-corrected chi connectivity index (χ0v) is 17.5. The number of amides is 1. The number of aryl methyl sites for hydroxylation is 1. The molecule has 2 aromatic heterocycles. The molecule has 0 aliphatic heterocycles. The topological polar surface area (TPSA) is 81.4 Å². The minimum absolute atomic E-state index is 0.0886. The minimum atomic E-state index is -0.0886. The van der Waals surface area contributed by atoms with Gasteiger partial charge < -0.3 is 10.1 Å². The fraction of sp³-hybridized carbons (Fsp3) is 0.182. The lowest BCUT2D eigenvalue weighted by Crippen LogP contribution is -2.24. The number of carbonyl (C=O) groups excluding carboxylic acids is 1. The summed E-state index contributed by atoms with van der Waals surface area (Å²) >= 11 is 1.30. The maximum Gasteiger partial charge on any atom is 0.230 e. The lowest BCUT2D eigenvalue weighted by molar-refractivity contribution is -0.118. The van der Waals surface area contributed by atoms with Crippen LogP contribution in [0.5, 0.6) is 5.75 Å². The normalized spacial score (nSPS) is 10.9. The van der Waals surface area contributed by atoms with Crippen molar-refractivity contribution in [2.75, 3.05) is 12.9 Å². The average molecular weight is 420 g/mol. The van der Waals surface area contributed by atoms with Crippen molar-refractivity contribution in [3.05, 3.63) is 71.8 Å². The van der Waals surface area contributed by atoms with E-state index in [0.717, 1.165) is 22.6 Å². The van der Waals surface area contributed by atoms with Gasteiger partial charge in [-0.2, -0.15) is 9.61 Å². The third-order valence-corrected chi connectivity index (χ3v) is 5.46. The van der Waals surface area contributed by atoms with E-state index < -0.39 is 0 Å². The van der Waals surface area contributed by atoms with Gasteiger partial charge in [0, 0.05) is 12.1 Å². The van der Waals surface area contributed by atoms with E-state index in [-0.39, 0.29) is 11.7 Å². The highest BCUT2D eigenvalue weighted by Gasteiger charge is 2.12. The number of benzene rings is 2. The molecular weight excluding hydrogens is 398 g/mol. The number of carbonyl (C=O) groups is 1. The molecule has 0 saturated carbocycles. The number of fused-ring (bicyclic) bond motifs is 1. The first-order valence-corrected chi connectivity index (χ1v) is 10.4. The van der Waals surface area contributed by atoms with E-state index in [0.29, 0.717) is 17.3 Å². The van der Waals surface area contributed by atoms with Gasteiger partial charge in [-0.25, -0.2) is 0 Å². The second-order valence-electron chi connectivity index (χ2n) is 6.75. The molecule has 30 heavy (non-hydrogen) atoms. The highest BCUT2D eigenvalue weighted by Crippen LogP contribution is 2.21. The summed E-state index contributed by atoms with van der Waals surface area (Å²) in [7, 11) is 1.62. The lowest BCUT2D eigenvalue weighted by atomic mass is 10.1. The number of nitrogens with one attached hydrogen (secondary N) is 1. The highest BCUT2D eigenvalue weighted by molar-refractivity contribution is 7.99. The Kier molecular flexibility index (Phi) is 5.94. The summed E-state index contributed by atoms with van der Waals surface area (Å²) in [4.78, 5) is 12.3. The molecule has 0 unspecified atom stereocenters. The molecule has 2 heterocycles. The van der Waals surface area contributed by atoms with E-state index in [1.807, 2.05) is 55.5 Å². The number of hydrogen-bond donors (Lipinski definition) is 1. The van der Waals surface area contributed by atoms with Crippen LogP contribution in [0.3, 0.4) is 0 Å². The maximum atomic E-state index is 12.3. The predicted molar refractivity (Wildman–Crippen MR) is 117 cm³/mol. The largest absolute Gasteiger partial charge is 0.497 e. The van der Waals surface area contributed by atoms with Gasteiger partial charge in [0.25, 0.3) is 0 Å². The van der Waals surface area contributed by atoms with Crippen LogP contribution in [0.2, 0.25) is 0 Å². The summed E-state index contributed by atoms with van der Waals surface area (Å²) in [5.74, 6) is 0.900. The van der Waals surface area contributed by atoms with Crippen LogP contribution in [0.1, 0.15) is 11.1 Å². The average Bonchev–Trinajstić information content (AvgIpc) is 3.19. The molecule has 4 aromatic rings. The van der Waals surface area contributed by atoms with Crippen molar-refractivity contribution in [1.29, 1.82) is 0 Å². The molecule has 2 aromatic carbocycles. The first kappa shape index (κ1) is 19.9. The highest BCUT2D eigenvalue weighted by atomic mass is 32.2. The number of hydrogen-bond acceptors (Lipinski definition) is 6. The van der Waals surface area contributed by atoms with E-state index in [9.17, 15) is 4.79 Å². The van der Waals surface area contributed by atoms with Gasteiger partial charge in [0.1, 0.15) is 5.75 Å². The third-order valence-electron chi connectivity index (χ3n) is 4.54. The monoisotopic (exact) mass is 419 g/mol. The van der Waals surface area contributed by atoms with Gasteiger partial charge in [0.05, 0.1) is 18.6 Å². The molecule has 0 bridgehead atoms. The molecule has 0 atom stereocenters. The molecule has 0 fully saturated rings. The van der Waals surface area contributed by atoms with Crippen molar-refractivity contribution in [3.63, 3.8) is 0 Å². The SMILES string of the molecule is COc1cccc(CNC(=O)CSc2nnc3ccc(-c4ccc(C)cc4)nn23)c1. The van der Waals surface area contributed by atoms with Gasteiger partial charge in [-0.1, -0.05) is 53.7 Å². The van der Waals surface area contributed by atoms with Gasteiger partial charge in [-0.15, -0.1) is 10.2 Å². The van der Waals surface area contributed by atoms with Crippen molar-refractivity contribution < 1.29 is 9.53 Å². The zero-order chi connectivity index (χ0) is 20.9. The summed E-state index contributed by atoms with van der Waals surface area (Å²) in [6.07, 6.45) is 0. The molecule has 1 N–H and O–H groups in total. The van der Waals surface area contributed by atoms with Crippen LogP contribution < -0.4 is 10.1 Å². The molecule has 1 amide bonds. The molecule has 152 valence electrons. The first-order valence-electron chi connectivity index (χ1n) is 9.44. The Morgan fingerprint density at radius 3 is 2.73 bits per heavy atom. The van der Waals surface area contributed by atoms with Gasteiger partial charge in [0.15, 0.2) is 5.65 Å². The van der Waals surface area contributed by atoms with E-state index >= 15 is 0 Å². The predicted octanol–water partition coefficient (Wildman–Crippen LogP) is 3.52. The second kappa shape index (κ2) is 8.96. The van der Waals surface area contributed by atoms with E-state index in [1.54, 1.807) is 11.6 Å². The van der Waals surface area contributed by atoms with Gasteiger partial charge in [-0.05, 0) is 36.8 Å². The minimum Gasteiger partial charge on any atom is -0.497 e. The van der Waals surface area contributed by atoms with E-state index in [4.69, 9.17) is 4.74 Å². The first-order chi connectivity index (χ1) is 14.6. The third kappa shape index (κ3) is 4.60. The molecule has 8 heteroatoms. The fourth-order valence-corrected chi connectivity index (χ4v) is 3.62. The zero-order valence-electron chi connectivity index (χ0n) is 16.7. The summed E-state index contributed by atoms with van der Waals surface area (Å²) < 4.78 is 6.88. The van der Waals surface area contributed by atoms with E-state index in [2.05, 4.69) is 32.7 Å². The number of ether oxygens (including phenoxy) is 1. The van der Waals surface area contributed by atoms with Crippen LogP contribution >= 0.6 is 11.8 Å². The van der Waals surface area contributed by atoms with Crippen molar-refractivity contribution in [1.82, 2.24) is 25.1 Å². The Balaban J connectivity index is 1.41. The van der Waals surface area contributed by atoms with Crippen molar-refractivity contribution in [2.24, 2.45) is 0 Å². The van der Waals surface area contributed by atoms with Gasteiger partial charge >= 0.3 is 0 Å². The summed E-state index contributed by atoms with van der Waals surface area (Å²) in [5, 5.41) is 16.5. The molecule has 0 radical (unpaired) electrons. The Hall–Kier alpha value is -3.39. The Morgan fingerprint density at radius 2 is 1.93 bits per heavy atom. The van der Waals surface area contributed by atoms with E-state index in [1.165, 1.54) is 17.3 Å². The second-order valence-corrected chi connectivity index (χ2v) is 7.70. The Bertz CT molecular complexity index is 1170. The van der Waals surface area contributed by atoms with Crippen molar-refractivity contribution >= 4 is 23.3 Å². The van der Waals surface area contributed by atoms with Crippen molar-refractivity contribution in [3.8, 4) is 17.0 Å². The fourth-order valence-electron chi connectivity index (χ4n) is 2.90. The number of rotatable bonds is 7. The lowest BCUT2D eigenvalue weighted by Gasteiger charge is -2.07. The molecule has 4 rings (SSSR count). The summed E-state index contributed by atoms with van der Waals surface area (Å²) in [6.45, 7) is 2.49. The molecule has 7 nitrogen and oxygen atoms in total. The van der Waals surface area contributed by atoms with Crippen LogP contribution in [0, 0.1) is 6.92 Å². The maximum absolute atomic E-state index is 12.3. The molecule has 0 aliphatic carbocycles. The molecule has 0 saturated heterocycles.